The number of carbonyl (C=O) groups excluding carboxylic acids is 1. The molecule has 0 unspecified atom stereocenters. The highest BCUT2D eigenvalue weighted by Gasteiger charge is 2.64. The number of hydrogen-bond donors (Lipinski definition) is 4. The maximum Gasteiger partial charge on any atom is 0.462 e. The van der Waals surface area contributed by atoms with Crippen LogP contribution >= 0.6 is 7.75 Å². The number of rotatable bonds is 13. The molecule has 1 fully saturated rings. The van der Waals surface area contributed by atoms with Crippen LogP contribution in [0.25, 0.3) is 5.52 Å². The van der Waals surface area contributed by atoms with Crippen molar-refractivity contribution < 1.29 is 42.5 Å². The molecule has 15 heteroatoms. The minimum absolute atomic E-state index is 0.00172. The number of hydrogen-bond acceptors (Lipinski definition) is 11. The molecule has 0 saturated carbocycles. The van der Waals surface area contributed by atoms with Gasteiger partial charge < -0.3 is 29.9 Å². The zero-order valence-corrected chi connectivity index (χ0v) is 23.9. The summed E-state index contributed by atoms with van der Waals surface area (Å²) < 4.78 is 52.2. The normalized spacial score (nSPS) is 24.8. The SMILES string of the molecule is CCC(CC)COC(=O)[C@H](C)N[P@@](=O)(Oc1ccccc1)O[C@@]1(CF)OC[C@@](O)(c2ccc3c(N)ncnn23)[C@@H]1O. The van der Waals surface area contributed by atoms with E-state index in [9.17, 15) is 24.0 Å². The number of anilines is 1. The first-order valence-corrected chi connectivity index (χ1v) is 14.7. The Balaban J connectivity index is 1.62. The number of aliphatic hydroxyl groups is 2. The third kappa shape index (κ3) is 6.22. The van der Waals surface area contributed by atoms with E-state index < -0.39 is 50.5 Å². The van der Waals surface area contributed by atoms with E-state index in [2.05, 4.69) is 15.2 Å². The summed E-state index contributed by atoms with van der Waals surface area (Å²) in [7, 11) is -4.71. The maximum atomic E-state index is 14.7. The maximum absolute atomic E-state index is 14.7. The summed E-state index contributed by atoms with van der Waals surface area (Å²) in [4.78, 5) is 16.6. The van der Waals surface area contributed by atoms with Crippen molar-refractivity contribution in [2.75, 3.05) is 25.6 Å². The standard InChI is InChI=1S/C26H35FN5O8P/c1-4-18(5-2)13-37-23(33)17(3)31-41(36,39-19-9-7-6-8-10-19)40-26(14-27)24(34)25(35,15-38-26)21-12-11-20-22(28)29-16-30-32(20)21/h6-12,16-18,24,34-35H,4-5,13-15H2,1-3H3,(H,31,36)(H2,28,29,30)/t17-,24-,25+,26+,41+/m0/s1. The van der Waals surface area contributed by atoms with Crippen LogP contribution < -0.4 is 15.3 Å². The molecule has 0 radical (unpaired) electrons. The van der Waals surface area contributed by atoms with Crippen LogP contribution in [-0.2, 0) is 29.0 Å². The molecule has 2 aromatic heterocycles. The van der Waals surface area contributed by atoms with Crippen molar-refractivity contribution in [3.63, 3.8) is 0 Å². The monoisotopic (exact) mass is 595 g/mol. The Bertz CT molecular complexity index is 1390. The molecule has 4 rings (SSSR count). The number of ether oxygens (including phenoxy) is 2. The zero-order valence-electron chi connectivity index (χ0n) is 23.0. The predicted molar refractivity (Wildman–Crippen MR) is 145 cm³/mol. The fourth-order valence-electron chi connectivity index (χ4n) is 4.49. The van der Waals surface area contributed by atoms with Crippen LogP contribution in [0.2, 0.25) is 0 Å². The van der Waals surface area contributed by atoms with Crippen molar-refractivity contribution in [1.82, 2.24) is 19.7 Å². The molecule has 224 valence electrons. The lowest BCUT2D eigenvalue weighted by molar-refractivity contribution is -0.213. The zero-order chi connectivity index (χ0) is 29.8. The van der Waals surface area contributed by atoms with E-state index >= 15 is 0 Å². The van der Waals surface area contributed by atoms with Crippen molar-refractivity contribution in [2.45, 2.75) is 57.1 Å². The molecule has 0 spiro atoms. The number of nitrogens with zero attached hydrogens (tertiary/aromatic N) is 3. The summed E-state index contributed by atoms with van der Waals surface area (Å²) in [6, 6.07) is 9.51. The summed E-state index contributed by atoms with van der Waals surface area (Å²) in [6.45, 7) is 3.26. The molecule has 1 aromatic carbocycles. The third-order valence-electron chi connectivity index (χ3n) is 7.08. The molecule has 5 N–H and O–H groups in total. The largest absolute Gasteiger partial charge is 0.464 e. The quantitative estimate of drug-likeness (QED) is 0.168. The van der Waals surface area contributed by atoms with Crippen LogP contribution in [0, 0.1) is 5.92 Å². The third-order valence-corrected chi connectivity index (χ3v) is 8.79. The number of esters is 1. The van der Waals surface area contributed by atoms with Gasteiger partial charge in [-0.1, -0.05) is 44.9 Å². The second-order valence-electron chi connectivity index (χ2n) is 9.88. The van der Waals surface area contributed by atoms with Gasteiger partial charge >= 0.3 is 13.7 Å². The van der Waals surface area contributed by atoms with E-state index in [0.29, 0.717) is 5.52 Å². The first-order chi connectivity index (χ1) is 19.5. The van der Waals surface area contributed by atoms with Gasteiger partial charge in [-0.05, 0) is 37.1 Å². The molecule has 0 aliphatic carbocycles. The van der Waals surface area contributed by atoms with Crippen LogP contribution in [-0.4, -0.2) is 68.6 Å². The van der Waals surface area contributed by atoms with Gasteiger partial charge in [0, 0.05) is 0 Å². The molecule has 5 atom stereocenters. The fourth-order valence-corrected chi connectivity index (χ4v) is 6.22. The van der Waals surface area contributed by atoms with Crippen LogP contribution in [0.5, 0.6) is 5.75 Å². The number of nitrogens with two attached hydrogens (primary N) is 1. The highest BCUT2D eigenvalue weighted by Crippen LogP contribution is 2.53. The van der Waals surface area contributed by atoms with Gasteiger partial charge in [0.25, 0.3) is 0 Å². The second kappa shape index (κ2) is 12.4. The minimum Gasteiger partial charge on any atom is -0.464 e. The molecular formula is C26H35FN5O8P. The van der Waals surface area contributed by atoms with Crippen molar-refractivity contribution in [2.24, 2.45) is 5.92 Å². The van der Waals surface area contributed by atoms with Gasteiger partial charge in [0.15, 0.2) is 11.4 Å². The summed E-state index contributed by atoms with van der Waals surface area (Å²) in [6.07, 6.45) is 0.612. The Labute approximate surface area is 236 Å². The molecule has 1 aliphatic heterocycles. The van der Waals surface area contributed by atoms with Crippen molar-refractivity contribution in [3.05, 3.63) is 54.5 Å². The van der Waals surface area contributed by atoms with Gasteiger partial charge in [-0.2, -0.15) is 10.2 Å². The lowest BCUT2D eigenvalue weighted by Gasteiger charge is -2.35. The minimum atomic E-state index is -4.71. The van der Waals surface area contributed by atoms with Gasteiger partial charge in [-0.3, -0.25) is 4.79 Å². The number of fused-ring (bicyclic) bond motifs is 1. The summed E-state index contributed by atoms with van der Waals surface area (Å²) in [5.41, 5.74) is 3.91. The second-order valence-corrected chi connectivity index (χ2v) is 11.5. The highest BCUT2D eigenvalue weighted by molar-refractivity contribution is 7.52. The predicted octanol–water partition coefficient (Wildman–Crippen LogP) is 2.72. The lowest BCUT2D eigenvalue weighted by atomic mass is 9.91. The summed E-state index contributed by atoms with van der Waals surface area (Å²) in [5, 5.41) is 29.4. The van der Waals surface area contributed by atoms with Crippen LogP contribution in [0.1, 0.15) is 39.3 Å². The van der Waals surface area contributed by atoms with Crippen LogP contribution in [0.3, 0.4) is 0 Å². The number of para-hydroxylation sites is 1. The number of aliphatic hydroxyl groups excluding tert-OH is 1. The Hall–Kier alpha value is -3.13. The van der Waals surface area contributed by atoms with E-state index in [-0.39, 0.29) is 29.8 Å². The number of halogens is 1. The number of aromatic nitrogens is 3. The number of alkyl halides is 1. The van der Waals surface area contributed by atoms with E-state index in [0.717, 1.165) is 19.2 Å². The molecule has 41 heavy (non-hydrogen) atoms. The van der Waals surface area contributed by atoms with Crippen molar-refractivity contribution in [3.8, 4) is 5.75 Å². The molecular weight excluding hydrogens is 560 g/mol. The number of nitrogen functional groups attached to an aromatic ring is 1. The van der Waals surface area contributed by atoms with Gasteiger partial charge in [0.2, 0.25) is 5.79 Å². The van der Waals surface area contributed by atoms with Gasteiger partial charge in [-0.15, -0.1) is 0 Å². The number of benzene rings is 1. The first kappa shape index (κ1) is 30.8. The smallest absolute Gasteiger partial charge is 0.462 e. The molecule has 13 nitrogen and oxygen atoms in total. The average molecular weight is 596 g/mol. The number of carbonyl (C=O) groups is 1. The highest BCUT2D eigenvalue weighted by atomic mass is 31.2. The lowest BCUT2D eigenvalue weighted by Crippen LogP contribution is -2.52. The molecule has 1 aliphatic rings. The van der Waals surface area contributed by atoms with E-state index in [1.54, 1.807) is 18.2 Å². The van der Waals surface area contributed by atoms with Gasteiger partial charge in [0.05, 0.1) is 18.9 Å². The van der Waals surface area contributed by atoms with E-state index in [1.165, 1.54) is 35.7 Å². The molecule has 0 amide bonds. The number of nitrogens with one attached hydrogen (secondary N) is 1. The Kier molecular flexibility index (Phi) is 9.32. The topological polar surface area (TPSA) is 180 Å². The van der Waals surface area contributed by atoms with Gasteiger partial charge in [0.1, 0.15) is 36.4 Å². The van der Waals surface area contributed by atoms with E-state index in [1.807, 2.05) is 13.8 Å². The first-order valence-electron chi connectivity index (χ1n) is 13.2. The summed E-state index contributed by atoms with van der Waals surface area (Å²) >= 11 is 0. The molecule has 3 heterocycles. The Morgan fingerprint density at radius 1 is 1.29 bits per heavy atom. The fraction of sp³-hybridized carbons (Fsp3) is 0.500. The molecule has 1 saturated heterocycles. The Morgan fingerprint density at radius 2 is 2.00 bits per heavy atom. The van der Waals surface area contributed by atoms with Crippen molar-refractivity contribution >= 4 is 25.1 Å². The average Bonchev–Trinajstić information content (AvgIpc) is 3.51. The van der Waals surface area contributed by atoms with E-state index in [4.69, 9.17) is 24.3 Å². The van der Waals surface area contributed by atoms with Crippen LogP contribution in [0.4, 0.5) is 10.2 Å². The summed E-state index contributed by atoms with van der Waals surface area (Å²) in [5.74, 6) is -3.11. The van der Waals surface area contributed by atoms with Crippen molar-refractivity contribution in [1.29, 1.82) is 0 Å². The Morgan fingerprint density at radius 3 is 2.66 bits per heavy atom. The molecule has 3 aromatic rings. The molecule has 0 bridgehead atoms. The van der Waals surface area contributed by atoms with Gasteiger partial charge in [-0.25, -0.2) is 23.0 Å². The van der Waals surface area contributed by atoms with Crippen LogP contribution in [0.15, 0.2) is 48.8 Å².